The Kier molecular flexibility index (Phi) is 3.50. The van der Waals surface area contributed by atoms with Crippen molar-refractivity contribution in [1.29, 1.82) is 0 Å². The van der Waals surface area contributed by atoms with Gasteiger partial charge in [0.05, 0.1) is 36.9 Å². The Bertz CT molecular complexity index is 617. The highest BCUT2D eigenvalue weighted by atomic mass is 16.5. The van der Waals surface area contributed by atoms with Crippen molar-refractivity contribution in [2.75, 3.05) is 7.11 Å². The second-order valence-corrected chi connectivity index (χ2v) is 5.00. The van der Waals surface area contributed by atoms with Crippen LogP contribution < -0.4 is 0 Å². The summed E-state index contributed by atoms with van der Waals surface area (Å²) in [5.41, 5.74) is 3.95. The number of hydrogen-bond donors (Lipinski definition) is 0. The molecule has 0 N–H and O–H groups in total. The van der Waals surface area contributed by atoms with E-state index < -0.39 is 0 Å². The lowest BCUT2D eigenvalue weighted by atomic mass is 10.0. The third-order valence-electron chi connectivity index (χ3n) is 3.69. The molecule has 0 radical (unpaired) electrons. The quantitative estimate of drug-likeness (QED) is 0.801. The molecule has 1 aliphatic rings. The van der Waals surface area contributed by atoms with E-state index in [4.69, 9.17) is 0 Å². The molecule has 0 spiro atoms. The number of imidazole rings is 1. The Morgan fingerprint density at radius 1 is 1.30 bits per heavy atom. The van der Waals surface area contributed by atoms with E-state index in [2.05, 4.69) is 19.3 Å². The van der Waals surface area contributed by atoms with Crippen molar-refractivity contribution in [3.63, 3.8) is 0 Å². The molecule has 20 heavy (non-hydrogen) atoms. The lowest BCUT2D eigenvalue weighted by molar-refractivity contribution is 0.0600. The lowest BCUT2D eigenvalue weighted by Crippen LogP contribution is -2.10. The van der Waals surface area contributed by atoms with E-state index in [1.807, 2.05) is 12.4 Å². The summed E-state index contributed by atoms with van der Waals surface area (Å²) in [7, 11) is 1.37. The zero-order chi connectivity index (χ0) is 13.9. The number of esters is 1. The highest BCUT2D eigenvalue weighted by molar-refractivity contribution is 5.88. The normalized spacial score (nSPS) is 13.8. The van der Waals surface area contributed by atoms with Crippen LogP contribution in [0.5, 0.6) is 0 Å². The Morgan fingerprint density at radius 3 is 2.90 bits per heavy atom. The van der Waals surface area contributed by atoms with E-state index in [9.17, 15) is 4.79 Å². The van der Waals surface area contributed by atoms with E-state index in [1.165, 1.54) is 31.3 Å². The van der Waals surface area contributed by atoms with E-state index in [1.54, 1.807) is 12.3 Å². The van der Waals surface area contributed by atoms with E-state index >= 15 is 0 Å². The molecule has 2 heterocycles. The minimum atomic E-state index is -0.357. The van der Waals surface area contributed by atoms with Gasteiger partial charge in [0.2, 0.25) is 0 Å². The topological polar surface area (TPSA) is 57.0 Å². The minimum absolute atomic E-state index is 0.357. The fourth-order valence-electron chi connectivity index (χ4n) is 2.60. The molecule has 0 saturated heterocycles. The molecule has 2 aromatic heterocycles. The SMILES string of the molecule is COC(=O)c1ccc(Cn2cnc3c2CCCC3)nc1. The van der Waals surface area contributed by atoms with Crippen molar-refractivity contribution in [2.24, 2.45) is 0 Å². The molecule has 0 bridgehead atoms. The fraction of sp³-hybridized carbons (Fsp3) is 0.400. The van der Waals surface area contributed by atoms with Crippen LogP contribution in [-0.2, 0) is 24.1 Å². The summed E-state index contributed by atoms with van der Waals surface area (Å²) in [6.45, 7) is 0.698. The van der Waals surface area contributed by atoms with E-state index in [0.717, 1.165) is 18.5 Å². The number of hydrogen-bond acceptors (Lipinski definition) is 4. The van der Waals surface area contributed by atoms with Crippen molar-refractivity contribution in [3.05, 3.63) is 47.3 Å². The number of ether oxygens (including phenoxy) is 1. The van der Waals surface area contributed by atoms with Gasteiger partial charge in [-0.3, -0.25) is 4.98 Å². The van der Waals surface area contributed by atoms with Crippen molar-refractivity contribution >= 4 is 5.97 Å². The van der Waals surface area contributed by atoms with Gasteiger partial charge >= 0.3 is 5.97 Å². The Morgan fingerprint density at radius 2 is 2.15 bits per heavy atom. The molecule has 3 rings (SSSR count). The number of pyridine rings is 1. The molecule has 0 fully saturated rings. The van der Waals surface area contributed by atoms with Gasteiger partial charge < -0.3 is 9.30 Å². The van der Waals surface area contributed by atoms with Crippen molar-refractivity contribution in [1.82, 2.24) is 14.5 Å². The van der Waals surface area contributed by atoms with Gasteiger partial charge in [-0.05, 0) is 37.8 Å². The first kappa shape index (κ1) is 12.8. The zero-order valence-corrected chi connectivity index (χ0v) is 11.5. The number of carbonyl (C=O) groups is 1. The summed E-state index contributed by atoms with van der Waals surface area (Å²) in [5.74, 6) is -0.357. The van der Waals surface area contributed by atoms with Gasteiger partial charge in [0.25, 0.3) is 0 Å². The fourth-order valence-corrected chi connectivity index (χ4v) is 2.60. The third kappa shape index (κ3) is 2.43. The van der Waals surface area contributed by atoms with Crippen LogP contribution in [0.15, 0.2) is 24.7 Å². The molecule has 0 amide bonds. The summed E-state index contributed by atoms with van der Waals surface area (Å²) in [4.78, 5) is 20.2. The number of fused-ring (bicyclic) bond motifs is 1. The van der Waals surface area contributed by atoms with Crippen LogP contribution in [0.1, 0.15) is 40.3 Å². The molecule has 0 atom stereocenters. The van der Waals surface area contributed by atoms with Crippen LogP contribution in [0.3, 0.4) is 0 Å². The van der Waals surface area contributed by atoms with Gasteiger partial charge in [-0.2, -0.15) is 0 Å². The standard InChI is InChI=1S/C15H17N3O2/c1-20-15(19)11-6-7-12(16-8-11)9-18-10-17-13-4-2-3-5-14(13)18/h6-8,10H,2-5,9H2,1H3. The maximum atomic E-state index is 11.4. The Hall–Kier alpha value is -2.17. The molecule has 2 aromatic rings. The van der Waals surface area contributed by atoms with Gasteiger partial charge in [0.15, 0.2) is 0 Å². The van der Waals surface area contributed by atoms with Crippen molar-refractivity contribution < 1.29 is 9.53 Å². The number of nitrogens with zero attached hydrogens (tertiary/aromatic N) is 3. The highest BCUT2D eigenvalue weighted by Gasteiger charge is 2.15. The molecule has 0 unspecified atom stereocenters. The lowest BCUT2D eigenvalue weighted by Gasteiger charge is -2.13. The molecule has 5 heteroatoms. The van der Waals surface area contributed by atoms with Gasteiger partial charge in [-0.15, -0.1) is 0 Å². The second kappa shape index (κ2) is 5.45. The van der Waals surface area contributed by atoms with E-state index in [0.29, 0.717) is 12.1 Å². The molecule has 0 aliphatic heterocycles. The predicted molar refractivity (Wildman–Crippen MR) is 73.5 cm³/mol. The molecule has 1 aliphatic carbocycles. The predicted octanol–water partition coefficient (Wildman–Crippen LogP) is 1.99. The van der Waals surface area contributed by atoms with Gasteiger partial charge in [0.1, 0.15) is 0 Å². The van der Waals surface area contributed by atoms with Crippen LogP contribution in [0.4, 0.5) is 0 Å². The molecule has 5 nitrogen and oxygen atoms in total. The van der Waals surface area contributed by atoms with Crippen LogP contribution in [0, 0.1) is 0 Å². The molecule has 0 aromatic carbocycles. The maximum Gasteiger partial charge on any atom is 0.339 e. The molecule has 0 saturated carbocycles. The van der Waals surface area contributed by atoms with Crippen molar-refractivity contribution in [3.8, 4) is 0 Å². The average Bonchev–Trinajstić information content (AvgIpc) is 2.91. The summed E-state index contributed by atoms with van der Waals surface area (Å²) in [6, 6.07) is 3.61. The molecular weight excluding hydrogens is 254 g/mol. The van der Waals surface area contributed by atoms with Gasteiger partial charge in [-0.1, -0.05) is 0 Å². The molecule has 104 valence electrons. The summed E-state index contributed by atoms with van der Waals surface area (Å²) in [5, 5.41) is 0. The Balaban J connectivity index is 1.78. The Labute approximate surface area is 117 Å². The summed E-state index contributed by atoms with van der Waals surface area (Å²) < 4.78 is 6.82. The van der Waals surface area contributed by atoms with Gasteiger partial charge in [0, 0.05) is 11.9 Å². The first-order chi connectivity index (χ1) is 9.78. The number of aromatic nitrogens is 3. The largest absolute Gasteiger partial charge is 0.465 e. The summed E-state index contributed by atoms with van der Waals surface area (Å²) in [6.07, 6.45) is 8.09. The second-order valence-electron chi connectivity index (χ2n) is 5.00. The number of carbonyl (C=O) groups excluding carboxylic acids is 1. The first-order valence-electron chi connectivity index (χ1n) is 6.84. The minimum Gasteiger partial charge on any atom is -0.465 e. The highest BCUT2D eigenvalue weighted by Crippen LogP contribution is 2.20. The van der Waals surface area contributed by atoms with Crippen molar-refractivity contribution in [2.45, 2.75) is 32.2 Å². The zero-order valence-electron chi connectivity index (χ0n) is 11.5. The maximum absolute atomic E-state index is 11.4. The molecular formula is C15H17N3O2. The summed E-state index contributed by atoms with van der Waals surface area (Å²) >= 11 is 0. The first-order valence-corrected chi connectivity index (χ1v) is 6.84. The third-order valence-corrected chi connectivity index (χ3v) is 3.69. The number of aryl methyl sites for hydroxylation is 1. The smallest absolute Gasteiger partial charge is 0.339 e. The van der Waals surface area contributed by atoms with Crippen LogP contribution >= 0.6 is 0 Å². The van der Waals surface area contributed by atoms with Crippen LogP contribution in [0.25, 0.3) is 0 Å². The number of methoxy groups -OCH3 is 1. The van der Waals surface area contributed by atoms with E-state index in [-0.39, 0.29) is 5.97 Å². The number of rotatable bonds is 3. The monoisotopic (exact) mass is 271 g/mol. The average molecular weight is 271 g/mol. The van der Waals surface area contributed by atoms with Crippen LogP contribution in [0.2, 0.25) is 0 Å². The van der Waals surface area contributed by atoms with Gasteiger partial charge in [-0.25, -0.2) is 9.78 Å². The van der Waals surface area contributed by atoms with Crippen LogP contribution in [-0.4, -0.2) is 27.6 Å².